The van der Waals surface area contributed by atoms with E-state index >= 15 is 0 Å². The number of carboxylic acid groups (broad SMARTS) is 1. The molecule has 1 aromatic carbocycles. The van der Waals surface area contributed by atoms with Gasteiger partial charge in [-0.15, -0.1) is 0 Å². The third-order valence-electron chi connectivity index (χ3n) is 3.83. The van der Waals surface area contributed by atoms with E-state index in [0.29, 0.717) is 0 Å². The fourth-order valence-corrected chi connectivity index (χ4v) is 3.06. The van der Waals surface area contributed by atoms with Crippen LogP contribution in [0.15, 0.2) is 18.2 Å². The van der Waals surface area contributed by atoms with Crippen LogP contribution in [-0.2, 0) is 4.79 Å². The van der Waals surface area contributed by atoms with E-state index in [0.717, 1.165) is 18.7 Å². The average molecular weight is 261 g/mol. The van der Waals surface area contributed by atoms with Gasteiger partial charge in [0.25, 0.3) is 0 Å². The molecular weight excluding hydrogens is 238 g/mol. The maximum absolute atomic E-state index is 11.2. The van der Waals surface area contributed by atoms with Crippen molar-refractivity contribution in [2.24, 2.45) is 0 Å². The van der Waals surface area contributed by atoms with Gasteiger partial charge in [-0.1, -0.05) is 35.7 Å². The van der Waals surface area contributed by atoms with Crippen LogP contribution in [0.1, 0.15) is 48.4 Å². The SMILES string of the molecule is Cc1cc(C)cc(C(CC(=O)O)N2CCCCC2)c1. The lowest BCUT2D eigenvalue weighted by Gasteiger charge is -2.34. The number of piperidine rings is 1. The largest absolute Gasteiger partial charge is 0.481 e. The molecule has 0 aliphatic carbocycles. The first-order valence-electron chi connectivity index (χ1n) is 7.10. The normalized spacial score (nSPS) is 18.2. The number of carbonyl (C=O) groups is 1. The van der Waals surface area contributed by atoms with Crippen LogP contribution in [0.5, 0.6) is 0 Å². The van der Waals surface area contributed by atoms with Crippen LogP contribution in [0.2, 0.25) is 0 Å². The summed E-state index contributed by atoms with van der Waals surface area (Å²) in [5.41, 5.74) is 3.58. The molecule has 1 aliphatic heterocycles. The van der Waals surface area contributed by atoms with Crippen LogP contribution in [0.3, 0.4) is 0 Å². The molecule has 1 aromatic rings. The fourth-order valence-electron chi connectivity index (χ4n) is 3.06. The number of aryl methyl sites for hydroxylation is 2. The minimum atomic E-state index is -0.713. The topological polar surface area (TPSA) is 40.5 Å². The molecule has 1 unspecified atom stereocenters. The molecule has 1 saturated heterocycles. The van der Waals surface area contributed by atoms with Crippen molar-refractivity contribution >= 4 is 5.97 Å². The van der Waals surface area contributed by atoms with Gasteiger partial charge in [0, 0.05) is 6.04 Å². The zero-order valence-corrected chi connectivity index (χ0v) is 11.9. The lowest BCUT2D eigenvalue weighted by Crippen LogP contribution is -2.35. The molecule has 1 N–H and O–H groups in total. The molecule has 1 heterocycles. The third-order valence-corrected chi connectivity index (χ3v) is 3.83. The van der Waals surface area contributed by atoms with Gasteiger partial charge in [-0.3, -0.25) is 9.69 Å². The Morgan fingerprint density at radius 1 is 1.16 bits per heavy atom. The number of nitrogens with zero attached hydrogens (tertiary/aromatic N) is 1. The van der Waals surface area contributed by atoms with E-state index in [1.165, 1.54) is 30.4 Å². The van der Waals surface area contributed by atoms with Crippen molar-refractivity contribution < 1.29 is 9.90 Å². The van der Waals surface area contributed by atoms with Crippen molar-refractivity contribution in [1.29, 1.82) is 0 Å². The number of hydrogen-bond acceptors (Lipinski definition) is 2. The average Bonchev–Trinajstić information content (AvgIpc) is 2.35. The molecule has 2 rings (SSSR count). The quantitative estimate of drug-likeness (QED) is 0.904. The van der Waals surface area contributed by atoms with Crippen LogP contribution >= 0.6 is 0 Å². The summed E-state index contributed by atoms with van der Waals surface area (Å²) < 4.78 is 0. The first-order valence-corrected chi connectivity index (χ1v) is 7.10. The van der Waals surface area contributed by atoms with Gasteiger partial charge >= 0.3 is 5.97 Å². The highest BCUT2D eigenvalue weighted by atomic mass is 16.4. The van der Waals surface area contributed by atoms with Crippen molar-refractivity contribution in [2.75, 3.05) is 13.1 Å². The molecule has 1 fully saturated rings. The summed E-state index contributed by atoms with van der Waals surface area (Å²) >= 11 is 0. The standard InChI is InChI=1S/C16H23NO2/c1-12-8-13(2)10-14(9-12)15(11-16(18)19)17-6-4-3-5-7-17/h8-10,15H,3-7,11H2,1-2H3,(H,18,19). The minimum absolute atomic E-state index is 0.0244. The lowest BCUT2D eigenvalue weighted by atomic mass is 9.96. The second-order valence-corrected chi connectivity index (χ2v) is 5.63. The second kappa shape index (κ2) is 6.20. The number of benzene rings is 1. The molecule has 3 nitrogen and oxygen atoms in total. The summed E-state index contributed by atoms with van der Waals surface area (Å²) in [7, 11) is 0. The van der Waals surface area contributed by atoms with Crippen LogP contribution in [-0.4, -0.2) is 29.1 Å². The Kier molecular flexibility index (Phi) is 4.59. The number of carboxylic acids is 1. The van der Waals surface area contributed by atoms with Crippen molar-refractivity contribution in [3.05, 3.63) is 34.9 Å². The van der Waals surface area contributed by atoms with Crippen LogP contribution in [0.25, 0.3) is 0 Å². The van der Waals surface area contributed by atoms with Gasteiger partial charge in [0.1, 0.15) is 0 Å². The first kappa shape index (κ1) is 14.1. The van der Waals surface area contributed by atoms with Crippen LogP contribution < -0.4 is 0 Å². The van der Waals surface area contributed by atoms with Crippen molar-refractivity contribution in [2.45, 2.75) is 45.6 Å². The molecule has 104 valence electrons. The second-order valence-electron chi connectivity index (χ2n) is 5.63. The van der Waals surface area contributed by atoms with E-state index < -0.39 is 5.97 Å². The van der Waals surface area contributed by atoms with Gasteiger partial charge in [-0.25, -0.2) is 0 Å². The Hall–Kier alpha value is -1.35. The molecule has 0 aromatic heterocycles. The molecule has 3 heteroatoms. The van der Waals surface area contributed by atoms with Gasteiger partial charge < -0.3 is 5.11 Å². The van der Waals surface area contributed by atoms with Crippen LogP contribution in [0.4, 0.5) is 0 Å². The van der Waals surface area contributed by atoms with E-state index in [4.69, 9.17) is 0 Å². The number of likely N-dealkylation sites (tertiary alicyclic amines) is 1. The molecule has 0 bridgehead atoms. The Bertz CT molecular complexity index is 430. The fraction of sp³-hybridized carbons (Fsp3) is 0.562. The number of rotatable bonds is 4. The predicted molar refractivity (Wildman–Crippen MR) is 76.3 cm³/mol. The maximum Gasteiger partial charge on any atom is 0.305 e. The zero-order chi connectivity index (χ0) is 13.8. The summed E-state index contributed by atoms with van der Waals surface area (Å²) in [6.07, 6.45) is 3.83. The maximum atomic E-state index is 11.2. The smallest absolute Gasteiger partial charge is 0.305 e. The Morgan fingerprint density at radius 2 is 1.74 bits per heavy atom. The Morgan fingerprint density at radius 3 is 2.26 bits per heavy atom. The summed E-state index contributed by atoms with van der Waals surface area (Å²) in [5, 5.41) is 9.19. The van der Waals surface area contributed by atoms with Crippen molar-refractivity contribution in [3.8, 4) is 0 Å². The number of hydrogen-bond donors (Lipinski definition) is 1. The summed E-state index contributed by atoms with van der Waals surface area (Å²) in [6, 6.07) is 6.43. The first-order chi connectivity index (χ1) is 9.06. The highest BCUT2D eigenvalue weighted by Gasteiger charge is 2.24. The summed E-state index contributed by atoms with van der Waals surface area (Å²) in [6.45, 7) is 6.19. The van der Waals surface area contributed by atoms with Gasteiger partial charge in [0.2, 0.25) is 0 Å². The monoisotopic (exact) mass is 261 g/mol. The van der Waals surface area contributed by atoms with E-state index in [-0.39, 0.29) is 12.5 Å². The van der Waals surface area contributed by atoms with E-state index in [9.17, 15) is 9.90 Å². The molecule has 0 radical (unpaired) electrons. The Labute approximate surface area is 115 Å². The Balaban J connectivity index is 2.27. The van der Waals surface area contributed by atoms with Gasteiger partial charge in [0.15, 0.2) is 0 Å². The minimum Gasteiger partial charge on any atom is -0.481 e. The van der Waals surface area contributed by atoms with E-state index in [1.807, 2.05) is 0 Å². The van der Waals surface area contributed by atoms with Gasteiger partial charge in [-0.2, -0.15) is 0 Å². The zero-order valence-electron chi connectivity index (χ0n) is 11.9. The lowest BCUT2D eigenvalue weighted by molar-refractivity contribution is -0.138. The molecule has 19 heavy (non-hydrogen) atoms. The van der Waals surface area contributed by atoms with Crippen molar-refractivity contribution in [1.82, 2.24) is 4.90 Å². The molecule has 0 saturated carbocycles. The van der Waals surface area contributed by atoms with E-state index in [2.05, 4.69) is 36.9 Å². The van der Waals surface area contributed by atoms with Gasteiger partial charge in [-0.05, 0) is 45.3 Å². The molecule has 1 atom stereocenters. The number of aliphatic carboxylic acids is 1. The molecule has 0 spiro atoms. The molecule has 1 aliphatic rings. The van der Waals surface area contributed by atoms with Crippen molar-refractivity contribution in [3.63, 3.8) is 0 Å². The van der Waals surface area contributed by atoms with Crippen LogP contribution in [0, 0.1) is 13.8 Å². The molecule has 0 amide bonds. The van der Waals surface area contributed by atoms with E-state index in [1.54, 1.807) is 0 Å². The van der Waals surface area contributed by atoms with Gasteiger partial charge in [0.05, 0.1) is 6.42 Å². The summed E-state index contributed by atoms with van der Waals surface area (Å²) in [5.74, 6) is -0.713. The molecular formula is C16H23NO2. The highest BCUT2D eigenvalue weighted by molar-refractivity contribution is 5.68. The predicted octanol–water partition coefficient (Wildman–Crippen LogP) is 3.31. The third kappa shape index (κ3) is 3.80. The summed E-state index contributed by atoms with van der Waals surface area (Å²) in [4.78, 5) is 13.5. The highest BCUT2D eigenvalue weighted by Crippen LogP contribution is 2.29.